The number of H-pyrrole nitrogens is 1. The second kappa shape index (κ2) is 35.9. The predicted molar refractivity (Wildman–Crippen MR) is 511 cm³/mol. The molecule has 11 aromatic rings. The lowest BCUT2D eigenvalue weighted by atomic mass is 9.75. The van der Waals surface area contributed by atoms with Crippen LogP contribution in [0.4, 0.5) is 0 Å². The number of rotatable bonds is 36. The smallest absolute Gasteiger partial charge is 0.213 e. The average molecular weight is 1680 g/mol. The zero-order valence-electron chi connectivity index (χ0n) is 79.8. The highest BCUT2D eigenvalue weighted by atomic mass is 16.7. The van der Waals surface area contributed by atoms with Crippen LogP contribution in [0.5, 0.6) is 63.2 Å². The number of aromatic nitrogens is 8. The van der Waals surface area contributed by atoms with E-state index in [0.29, 0.717) is 96.9 Å². The van der Waals surface area contributed by atoms with Crippen molar-refractivity contribution in [2.24, 2.45) is 0 Å². The summed E-state index contributed by atoms with van der Waals surface area (Å²) in [6, 6.07) is 44.5. The van der Waals surface area contributed by atoms with E-state index in [-0.39, 0.29) is 27.1 Å². The third-order valence-electron chi connectivity index (χ3n) is 26.7. The van der Waals surface area contributed by atoms with Gasteiger partial charge in [0.2, 0.25) is 5.75 Å². The summed E-state index contributed by atoms with van der Waals surface area (Å²) in [6.07, 6.45) is 14.4. The summed E-state index contributed by atoms with van der Waals surface area (Å²) >= 11 is 0. The second-order valence-corrected chi connectivity index (χ2v) is 40.0. The molecule has 3 aromatic heterocycles. The fourth-order valence-electron chi connectivity index (χ4n) is 20.1. The molecule has 0 saturated carbocycles. The van der Waals surface area contributed by atoms with Crippen molar-refractivity contribution in [1.29, 1.82) is 0 Å². The SMILES string of the molecule is CCCC(C)(C)c1cc(Oc2cc3c4nc5nc(nc6c7ccccc7c(nc7nc(nc([nH]4)c3c(Oc3cc(C(C)(C)CCC)c(OC)cc3C(C)(C)CCC)c2Oc2cc(C(C)(C)CCC)c(OC)cc2C(C)(C)CCC)-c2ccccc2-7)n6Oc2cc(C(C)(C)CCC)c(OC)cc2C(C)(C)CCC)-c2ccccc2-5)c(C(C)(C)CCC)cc1OC. The van der Waals surface area contributed by atoms with Crippen LogP contribution in [0.15, 0.2) is 127 Å². The molecule has 0 aliphatic carbocycles. The topological polar surface area (TPSA) is 172 Å². The maximum Gasteiger partial charge on any atom is 0.213 e. The molecule has 0 radical (unpaired) electrons. The van der Waals surface area contributed by atoms with Crippen molar-refractivity contribution in [3.63, 3.8) is 0 Å². The molecular weight excluding hydrogens is 1540 g/mol. The van der Waals surface area contributed by atoms with Crippen molar-refractivity contribution in [2.45, 2.75) is 312 Å². The highest BCUT2D eigenvalue weighted by molar-refractivity contribution is 6.11. The molecule has 5 heterocycles. The van der Waals surface area contributed by atoms with Crippen LogP contribution >= 0.6 is 0 Å². The second-order valence-electron chi connectivity index (χ2n) is 40.0. The Morgan fingerprint density at radius 1 is 0.266 bits per heavy atom. The minimum atomic E-state index is -0.481. The number of aromatic amines is 1. The average Bonchev–Trinajstić information content (AvgIpc) is 1.48. The lowest BCUT2D eigenvalue weighted by molar-refractivity contribution is 0.228. The largest absolute Gasteiger partial charge is 0.496 e. The minimum Gasteiger partial charge on any atom is -0.496 e. The first kappa shape index (κ1) is 91.2. The summed E-state index contributed by atoms with van der Waals surface area (Å²) in [5.74, 6) is 8.40. The molecule has 0 fully saturated rings. The fraction of sp³-hybridized carbons (Fsp3) is 0.481. The van der Waals surface area contributed by atoms with Crippen LogP contribution in [-0.2, 0) is 43.3 Å². The van der Waals surface area contributed by atoms with Gasteiger partial charge < -0.3 is 43.0 Å². The van der Waals surface area contributed by atoms with Gasteiger partial charge in [-0.05, 0) is 149 Å². The summed E-state index contributed by atoms with van der Waals surface area (Å²) in [4.78, 5) is 46.5. The number of hydrogen-bond donors (Lipinski definition) is 1. The molecule has 0 saturated heterocycles. The summed E-state index contributed by atoms with van der Waals surface area (Å²) in [7, 11) is 7.13. The van der Waals surface area contributed by atoms with E-state index in [1.54, 1.807) is 33.2 Å². The Hall–Kier alpha value is -10.5. The van der Waals surface area contributed by atoms with E-state index in [0.717, 1.165) is 203 Å². The van der Waals surface area contributed by atoms with Gasteiger partial charge in [-0.15, -0.1) is 4.73 Å². The third kappa shape index (κ3) is 17.6. The quantitative estimate of drug-likeness (QED) is 0.0393. The van der Waals surface area contributed by atoms with E-state index < -0.39 is 16.2 Å². The number of hydrogen-bond acceptors (Lipinski definition) is 14. The van der Waals surface area contributed by atoms with E-state index in [2.05, 4.69) is 262 Å². The Labute approximate surface area is 738 Å². The van der Waals surface area contributed by atoms with E-state index >= 15 is 0 Å². The minimum absolute atomic E-state index is 0.296. The first-order valence-corrected chi connectivity index (χ1v) is 45.9. The summed E-state index contributed by atoms with van der Waals surface area (Å²) in [6.45, 7) is 54.7. The predicted octanol–water partition coefficient (Wildman–Crippen LogP) is 30.2. The van der Waals surface area contributed by atoms with Crippen LogP contribution in [0, 0.1) is 0 Å². The van der Waals surface area contributed by atoms with E-state index in [1.165, 1.54) is 0 Å². The van der Waals surface area contributed by atoms with Crippen molar-refractivity contribution >= 4 is 44.1 Å². The van der Waals surface area contributed by atoms with Crippen LogP contribution in [0.3, 0.4) is 0 Å². The van der Waals surface area contributed by atoms with Gasteiger partial charge in [0.05, 0.1) is 33.8 Å². The number of benzene rings is 8. The number of nitrogens with one attached hydrogen (secondary N) is 1. The Morgan fingerprint density at radius 3 is 0.839 bits per heavy atom. The molecule has 0 unspecified atom stereocenters. The molecule has 8 bridgehead atoms. The van der Waals surface area contributed by atoms with E-state index in [4.69, 9.17) is 67.9 Å². The van der Waals surface area contributed by atoms with Gasteiger partial charge in [0.25, 0.3) is 0 Å². The highest BCUT2D eigenvalue weighted by Gasteiger charge is 2.40. The van der Waals surface area contributed by atoms with Gasteiger partial charge in [-0.25, -0.2) is 29.9 Å². The molecule has 0 atom stereocenters. The van der Waals surface area contributed by atoms with Gasteiger partial charge in [-0.3, -0.25) is 0 Å². The fourth-order valence-corrected chi connectivity index (χ4v) is 20.1. The first-order chi connectivity index (χ1) is 58.9. The Bertz CT molecular complexity index is 5970. The van der Waals surface area contributed by atoms with Crippen molar-refractivity contribution in [3.05, 3.63) is 172 Å². The van der Waals surface area contributed by atoms with Gasteiger partial charge in [0, 0.05) is 82.9 Å². The standard InChI is InChI=1S/C108H138N8O8/c1-29-49-101(9,10)73-62-85(77(58-81(73)117-25)105(17,18)53-33-5)121-89-57-72-90(92(123-87-64-75(103(13,14)51-31-3)83(119-27)60-79(87)107(21,22)55-35-7)91(89)122-86-63-74(102(11,12)50-30-2)82(118-26)59-78(86)106(19,20)54-34-6)98-112-94-67-44-38-40-46-69(67)96(110-94)115-100-71-48-42-41-47-70(71)99(114-95-68-45-39-37-43-66(68)93(109-95)111-97(72)113-98)116(100)124-88-65-76(104(15,16)52-32-4)84(120-28)61-80(88)108(23,24)56-36-8/h37-48,57-65H,29-36,49-56H2,1-28H3,(H,109,110,111,112,113,114,115). The van der Waals surface area contributed by atoms with Crippen molar-refractivity contribution in [1.82, 2.24) is 39.6 Å². The van der Waals surface area contributed by atoms with Gasteiger partial charge in [-0.2, -0.15) is 0 Å². The molecule has 13 rings (SSSR count). The number of ether oxygens (including phenoxy) is 7. The Balaban J connectivity index is 1.29. The van der Waals surface area contributed by atoms with Gasteiger partial charge >= 0.3 is 0 Å². The number of methoxy groups -OCH3 is 4. The van der Waals surface area contributed by atoms with Gasteiger partial charge in [0.15, 0.2) is 51.8 Å². The normalized spacial score (nSPS) is 12.9. The van der Waals surface area contributed by atoms with Crippen LogP contribution in [-0.4, -0.2) is 68.1 Å². The zero-order chi connectivity index (χ0) is 89.6. The summed E-state index contributed by atoms with van der Waals surface area (Å²) in [5.41, 5.74) is 9.58. The van der Waals surface area contributed by atoms with E-state index in [1.807, 2.05) is 36.4 Å². The van der Waals surface area contributed by atoms with Crippen molar-refractivity contribution in [3.8, 4) is 109 Å². The highest BCUT2D eigenvalue weighted by Crippen LogP contribution is 2.58. The summed E-state index contributed by atoms with van der Waals surface area (Å²) < 4.78 is 52.9. The molecule has 2 aliphatic rings. The third-order valence-corrected chi connectivity index (χ3v) is 26.7. The first-order valence-electron chi connectivity index (χ1n) is 45.9. The molecule has 1 N–H and O–H groups in total. The molecular formula is C108H138N8O8. The van der Waals surface area contributed by atoms with Crippen molar-refractivity contribution < 1.29 is 38.0 Å². The number of fused-ring (bicyclic) bond motifs is 20. The molecule has 8 aromatic carbocycles. The molecule has 16 nitrogen and oxygen atoms in total. The van der Waals surface area contributed by atoms with Crippen LogP contribution < -0.4 is 38.0 Å². The Morgan fingerprint density at radius 2 is 0.524 bits per heavy atom. The lowest BCUT2D eigenvalue weighted by Crippen LogP contribution is -2.23. The monoisotopic (exact) mass is 1680 g/mol. The number of nitrogens with zero attached hydrogens (tertiary/aromatic N) is 7. The lowest BCUT2D eigenvalue weighted by Gasteiger charge is -2.34. The maximum absolute atomic E-state index is 8.45. The molecule has 16 heteroatoms. The van der Waals surface area contributed by atoms with Gasteiger partial charge in [0.1, 0.15) is 51.5 Å². The molecule has 2 aliphatic heterocycles. The maximum atomic E-state index is 8.45. The Kier molecular flexibility index (Phi) is 26.4. The van der Waals surface area contributed by atoms with Crippen LogP contribution in [0.1, 0.15) is 313 Å². The molecule has 658 valence electrons. The zero-order valence-corrected chi connectivity index (χ0v) is 79.8. The van der Waals surface area contributed by atoms with Crippen LogP contribution in [0.2, 0.25) is 0 Å². The summed E-state index contributed by atoms with van der Waals surface area (Å²) in [5, 5.41) is 2.72. The molecule has 0 spiro atoms. The van der Waals surface area contributed by atoms with Crippen molar-refractivity contribution in [2.75, 3.05) is 28.4 Å². The molecule has 124 heavy (non-hydrogen) atoms. The van der Waals surface area contributed by atoms with E-state index in [9.17, 15) is 0 Å². The van der Waals surface area contributed by atoms with Crippen LogP contribution in [0.25, 0.3) is 89.7 Å². The van der Waals surface area contributed by atoms with Gasteiger partial charge in [-0.1, -0.05) is 290 Å². The molecule has 0 amide bonds.